The summed E-state index contributed by atoms with van der Waals surface area (Å²) in [5, 5.41) is 67.0. The minimum Gasteiger partial charge on any atom is -0.481 e. The van der Waals surface area contributed by atoms with Crippen LogP contribution in [0.1, 0.15) is 40.5 Å². The number of carboxylic acids is 2. The Bertz CT molecular complexity index is 990. The van der Waals surface area contributed by atoms with Crippen molar-refractivity contribution in [2.75, 3.05) is 6.61 Å². The van der Waals surface area contributed by atoms with Crippen molar-refractivity contribution in [3.8, 4) is 0 Å². The van der Waals surface area contributed by atoms with Gasteiger partial charge in [0.1, 0.15) is 36.3 Å². The van der Waals surface area contributed by atoms with Crippen LogP contribution in [0, 0.1) is 0 Å². The molecule has 0 fully saturated rings. The second-order valence-electron chi connectivity index (χ2n) is 9.53. The average molecular weight is 609 g/mol. The van der Waals surface area contributed by atoms with Gasteiger partial charge in [-0.3, -0.25) is 28.8 Å². The summed E-state index contributed by atoms with van der Waals surface area (Å²) in [7, 11) is 0. The van der Waals surface area contributed by atoms with E-state index in [0.717, 1.165) is 20.8 Å². The summed E-state index contributed by atoms with van der Waals surface area (Å²) < 4.78 is 0. The molecule has 0 aromatic carbocycles. The van der Waals surface area contributed by atoms with E-state index in [4.69, 9.17) is 21.1 Å². The van der Waals surface area contributed by atoms with Gasteiger partial charge in [-0.2, -0.15) is 0 Å². The molecule has 0 saturated heterocycles. The molecule has 5 amide bonds. The summed E-state index contributed by atoms with van der Waals surface area (Å²) in [6, 6.07) is -9.64. The Morgan fingerprint density at radius 2 is 1.07 bits per heavy atom. The number of aliphatic carboxylic acids is 2. The summed E-state index contributed by atoms with van der Waals surface area (Å²) in [6.45, 7) is 3.57. The third-order valence-corrected chi connectivity index (χ3v) is 5.78. The minimum absolute atomic E-state index is 0.408. The molecule has 19 nitrogen and oxygen atoms in total. The molecule has 0 unspecified atom stereocenters. The number of nitrogens with two attached hydrogens (primary N) is 1. The van der Waals surface area contributed by atoms with Crippen LogP contribution in [0.4, 0.5) is 0 Å². The van der Waals surface area contributed by atoms with Crippen LogP contribution in [-0.4, -0.2) is 133 Å². The Morgan fingerprint density at radius 3 is 1.48 bits per heavy atom. The lowest BCUT2D eigenvalue weighted by Crippen LogP contribution is -2.62. The van der Waals surface area contributed by atoms with Crippen molar-refractivity contribution in [2.24, 2.45) is 5.73 Å². The predicted molar refractivity (Wildman–Crippen MR) is 140 cm³/mol. The number of rotatable bonds is 18. The molecule has 0 radical (unpaired) electrons. The summed E-state index contributed by atoms with van der Waals surface area (Å²) in [4.78, 5) is 84.9. The van der Waals surface area contributed by atoms with Gasteiger partial charge >= 0.3 is 11.9 Å². The molecule has 0 aromatic rings. The Labute approximate surface area is 240 Å². The van der Waals surface area contributed by atoms with Crippen molar-refractivity contribution in [3.63, 3.8) is 0 Å². The van der Waals surface area contributed by atoms with Crippen LogP contribution in [0.5, 0.6) is 0 Å². The van der Waals surface area contributed by atoms with E-state index in [9.17, 15) is 48.9 Å². The van der Waals surface area contributed by atoms with Crippen LogP contribution in [0.15, 0.2) is 0 Å². The molecule has 9 atom stereocenters. The first-order chi connectivity index (χ1) is 19.3. The number of carbonyl (C=O) groups is 7. The van der Waals surface area contributed by atoms with E-state index in [2.05, 4.69) is 21.3 Å². The monoisotopic (exact) mass is 608 g/mol. The van der Waals surface area contributed by atoms with Crippen LogP contribution >= 0.6 is 0 Å². The Balaban J connectivity index is 5.58. The third-order valence-electron chi connectivity index (χ3n) is 5.78. The highest BCUT2D eigenvalue weighted by atomic mass is 16.4. The Morgan fingerprint density at radius 1 is 0.619 bits per heavy atom. The van der Waals surface area contributed by atoms with E-state index < -0.39 is 115 Å². The first-order valence-corrected chi connectivity index (χ1v) is 12.7. The first kappa shape index (κ1) is 38.1. The fraction of sp³-hybridized carbons (Fsp3) is 0.696. The van der Waals surface area contributed by atoms with Crippen LogP contribution in [-0.2, 0) is 33.6 Å². The average Bonchev–Trinajstić information content (AvgIpc) is 2.88. The molecule has 0 aromatic heterocycles. The smallest absolute Gasteiger partial charge is 0.328 e. The molecular weight excluding hydrogens is 568 g/mol. The fourth-order valence-corrected chi connectivity index (χ4v) is 3.18. The van der Waals surface area contributed by atoms with Crippen molar-refractivity contribution in [2.45, 2.75) is 95.1 Å². The van der Waals surface area contributed by atoms with Crippen molar-refractivity contribution < 1.29 is 64.2 Å². The zero-order chi connectivity index (χ0) is 32.9. The molecule has 13 N–H and O–H groups in total. The molecule has 240 valence electrons. The van der Waals surface area contributed by atoms with Gasteiger partial charge in [-0.25, -0.2) is 4.79 Å². The van der Waals surface area contributed by atoms with Crippen LogP contribution in [0.25, 0.3) is 0 Å². The van der Waals surface area contributed by atoms with Crippen molar-refractivity contribution in [1.82, 2.24) is 26.6 Å². The van der Waals surface area contributed by atoms with E-state index in [1.807, 2.05) is 5.32 Å². The van der Waals surface area contributed by atoms with Crippen LogP contribution in [0.2, 0.25) is 0 Å². The summed E-state index contributed by atoms with van der Waals surface area (Å²) in [6.07, 6.45) is -5.45. The number of hydrogen-bond acceptors (Lipinski definition) is 12. The Kier molecular flexibility index (Phi) is 16.1. The van der Waals surface area contributed by atoms with Crippen molar-refractivity contribution in [3.05, 3.63) is 0 Å². The van der Waals surface area contributed by atoms with Gasteiger partial charge in [0.05, 0.1) is 24.9 Å². The van der Waals surface area contributed by atoms with E-state index >= 15 is 0 Å². The van der Waals surface area contributed by atoms with Crippen LogP contribution in [0.3, 0.4) is 0 Å². The van der Waals surface area contributed by atoms with Gasteiger partial charge in [0.25, 0.3) is 0 Å². The van der Waals surface area contributed by atoms with Gasteiger partial charge < -0.3 is 63.0 Å². The molecule has 0 saturated carbocycles. The Hall–Kier alpha value is -3.91. The van der Waals surface area contributed by atoms with Gasteiger partial charge in [0.2, 0.25) is 29.5 Å². The molecule has 0 heterocycles. The highest BCUT2D eigenvalue weighted by Crippen LogP contribution is 2.03. The van der Waals surface area contributed by atoms with Gasteiger partial charge in [0.15, 0.2) is 0 Å². The quantitative estimate of drug-likeness (QED) is 0.0689. The molecular formula is C23H40N6O13. The summed E-state index contributed by atoms with van der Waals surface area (Å²) >= 11 is 0. The fourth-order valence-electron chi connectivity index (χ4n) is 3.18. The zero-order valence-corrected chi connectivity index (χ0v) is 23.4. The van der Waals surface area contributed by atoms with Crippen LogP contribution < -0.4 is 32.3 Å². The van der Waals surface area contributed by atoms with E-state index in [1.54, 1.807) is 0 Å². The largest absolute Gasteiger partial charge is 0.481 e. The topological polar surface area (TPSA) is 327 Å². The number of aliphatic hydroxyl groups is 4. The second kappa shape index (κ2) is 17.8. The number of aliphatic hydroxyl groups excluding tert-OH is 4. The van der Waals surface area contributed by atoms with E-state index in [1.165, 1.54) is 6.92 Å². The summed E-state index contributed by atoms with van der Waals surface area (Å²) in [5.41, 5.74) is 5.53. The maximum Gasteiger partial charge on any atom is 0.328 e. The molecule has 0 spiro atoms. The first-order valence-electron chi connectivity index (χ1n) is 12.7. The number of carboxylic acid groups (broad SMARTS) is 2. The number of amides is 5. The molecule has 0 bridgehead atoms. The lowest BCUT2D eigenvalue weighted by atomic mass is 10.1. The molecule has 0 aliphatic rings. The lowest BCUT2D eigenvalue weighted by Gasteiger charge is -2.28. The number of carbonyl (C=O) groups excluding carboxylic acids is 5. The van der Waals surface area contributed by atoms with Gasteiger partial charge in [-0.05, 0) is 34.1 Å². The number of hydrogen-bond donors (Lipinski definition) is 12. The molecule has 0 aliphatic heterocycles. The van der Waals surface area contributed by atoms with E-state index in [0.29, 0.717) is 0 Å². The molecule has 19 heteroatoms. The highest BCUT2D eigenvalue weighted by molar-refractivity contribution is 5.96. The van der Waals surface area contributed by atoms with E-state index in [-0.39, 0.29) is 0 Å². The SMILES string of the molecule is C[C@H](NC(=O)[C@H](CCC(=O)O)NC(=O)[C@@H](N)[C@@H](C)O)C(=O)N[C@H](C(=O)N[C@H](C(=O)N[C@@H](CO)C(=O)O)[C@@H](C)O)[C@@H](C)O. The maximum absolute atomic E-state index is 12.8. The predicted octanol–water partition coefficient (Wildman–Crippen LogP) is -6.16. The summed E-state index contributed by atoms with van der Waals surface area (Å²) in [5.74, 6) is -8.29. The second-order valence-corrected chi connectivity index (χ2v) is 9.53. The number of nitrogens with one attached hydrogen (secondary N) is 5. The lowest BCUT2D eigenvalue weighted by molar-refractivity contribution is -0.144. The zero-order valence-electron chi connectivity index (χ0n) is 23.4. The minimum atomic E-state index is -1.77. The highest BCUT2D eigenvalue weighted by Gasteiger charge is 2.35. The molecule has 42 heavy (non-hydrogen) atoms. The van der Waals surface area contributed by atoms with Gasteiger partial charge in [-0.1, -0.05) is 0 Å². The normalized spacial score (nSPS) is 17.5. The molecule has 0 rings (SSSR count). The standard InChI is InChI=1S/C23H40N6O13/c1-8(25-19(37)12(5-6-14(34)35)26-20(38)15(24)9(2)31)18(36)28-17(11(4)33)22(40)29-16(10(3)32)21(39)27-13(7-30)23(41)42/h8-13,15-17,30-33H,5-7,24H2,1-4H3,(H,25,37)(H,26,38)(H,27,39)(H,28,36)(H,29,40)(H,34,35)(H,41,42)/t8-,9+,10+,11+,12-,13-,15-,16-,17-/m0/s1. The van der Waals surface area contributed by atoms with Crippen molar-refractivity contribution in [1.29, 1.82) is 0 Å². The van der Waals surface area contributed by atoms with Gasteiger partial charge in [-0.15, -0.1) is 0 Å². The van der Waals surface area contributed by atoms with Gasteiger partial charge in [0, 0.05) is 6.42 Å². The van der Waals surface area contributed by atoms with Crippen molar-refractivity contribution >= 4 is 41.5 Å². The molecule has 0 aliphatic carbocycles. The maximum atomic E-state index is 12.8. The third kappa shape index (κ3) is 12.7.